The third-order valence-corrected chi connectivity index (χ3v) is 3.43. The summed E-state index contributed by atoms with van der Waals surface area (Å²) in [5, 5.41) is 8.65. The molecular weight excluding hydrogens is 200 g/mol. The molecule has 96 valence electrons. The molecule has 16 heavy (non-hydrogen) atoms. The molecule has 1 aliphatic rings. The molecule has 2 heteroatoms. The maximum atomic E-state index is 8.65. The summed E-state index contributed by atoms with van der Waals surface area (Å²) < 4.78 is 5.64. The van der Waals surface area contributed by atoms with Gasteiger partial charge in [0.1, 0.15) is 0 Å². The van der Waals surface area contributed by atoms with Crippen LogP contribution in [-0.4, -0.2) is 23.9 Å². The smallest absolute Gasteiger partial charge is 0.0841 e. The molecule has 0 saturated carbocycles. The van der Waals surface area contributed by atoms with Gasteiger partial charge in [0.15, 0.2) is 0 Å². The van der Waals surface area contributed by atoms with E-state index in [0.717, 1.165) is 12.8 Å². The predicted molar refractivity (Wildman–Crippen MR) is 67.6 cm³/mol. The number of aliphatic hydroxyl groups is 1. The minimum Gasteiger partial charge on any atom is -0.396 e. The molecule has 1 heterocycles. The van der Waals surface area contributed by atoms with Crippen LogP contribution in [0.5, 0.6) is 0 Å². The number of ether oxygens (including phenoxy) is 1. The Morgan fingerprint density at radius 3 is 1.94 bits per heavy atom. The molecule has 0 aromatic carbocycles. The van der Waals surface area contributed by atoms with Crippen molar-refractivity contribution in [2.45, 2.75) is 83.3 Å². The molecule has 0 bridgehead atoms. The van der Waals surface area contributed by atoms with Gasteiger partial charge in [0.05, 0.1) is 12.2 Å². The second-order valence-electron chi connectivity index (χ2n) is 4.99. The van der Waals surface area contributed by atoms with Gasteiger partial charge in [0, 0.05) is 6.61 Å². The zero-order valence-electron chi connectivity index (χ0n) is 10.8. The van der Waals surface area contributed by atoms with E-state index in [1.807, 2.05) is 0 Å². The van der Waals surface area contributed by atoms with Crippen molar-refractivity contribution in [3.8, 4) is 0 Å². The van der Waals surface area contributed by atoms with Gasteiger partial charge in [-0.05, 0) is 19.3 Å². The van der Waals surface area contributed by atoms with Crippen LogP contribution in [0.1, 0.15) is 71.1 Å². The second-order valence-corrected chi connectivity index (χ2v) is 4.99. The van der Waals surface area contributed by atoms with E-state index in [9.17, 15) is 0 Å². The molecule has 2 nitrogen and oxygen atoms in total. The third kappa shape index (κ3) is 6.49. The minimum absolute atomic E-state index is 0.340. The van der Waals surface area contributed by atoms with Crippen LogP contribution in [0.25, 0.3) is 0 Å². The average molecular weight is 228 g/mol. The topological polar surface area (TPSA) is 32.8 Å². The molecule has 0 spiro atoms. The van der Waals surface area contributed by atoms with Gasteiger partial charge in [-0.3, -0.25) is 0 Å². The Bertz CT molecular complexity index is 159. The van der Waals surface area contributed by atoms with Crippen molar-refractivity contribution < 1.29 is 9.84 Å². The Morgan fingerprint density at radius 1 is 0.812 bits per heavy atom. The fourth-order valence-electron chi connectivity index (χ4n) is 2.27. The average Bonchev–Trinajstić information content (AvgIpc) is 3.03. The van der Waals surface area contributed by atoms with Gasteiger partial charge in [-0.15, -0.1) is 0 Å². The standard InChI is InChI=1S/C14H28O2/c1-2-3-4-5-7-10-13-14(16-13)11-8-6-9-12-15/h13-15H,2-12H2,1H3. The number of rotatable bonds is 11. The first-order valence-electron chi connectivity index (χ1n) is 7.14. The van der Waals surface area contributed by atoms with Crippen molar-refractivity contribution >= 4 is 0 Å². The van der Waals surface area contributed by atoms with Gasteiger partial charge >= 0.3 is 0 Å². The normalized spacial score (nSPS) is 23.6. The fraction of sp³-hybridized carbons (Fsp3) is 1.00. The number of aliphatic hydroxyl groups excluding tert-OH is 1. The number of unbranched alkanes of at least 4 members (excludes halogenated alkanes) is 6. The summed E-state index contributed by atoms with van der Waals surface area (Å²) in [4.78, 5) is 0. The Labute approximate surface area is 100 Å². The van der Waals surface area contributed by atoms with Crippen molar-refractivity contribution in [2.75, 3.05) is 6.61 Å². The molecule has 1 rings (SSSR count). The first-order chi connectivity index (χ1) is 7.88. The van der Waals surface area contributed by atoms with Crippen LogP contribution in [0.4, 0.5) is 0 Å². The molecule has 1 aliphatic heterocycles. The summed E-state index contributed by atoms with van der Waals surface area (Å²) in [6.45, 7) is 2.60. The van der Waals surface area contributed by atoms with Crippen molar-refractivity contribution in [1.82, 2.24) is 0 Å². The van der Waals surface area contributed by atoms with Crippen LogP contribution in [0.3, 0.4) is 0 Å². The van der Waals surface area contributed by atoms with E-state index >= 15 is 0 Å². The van der Waals surface area contributed by atoms with Gasteiger partial charge in [0.2, 0.25) is 0 Å². The maximum Gasteiger partial charge on any atom is 0.0841 e. The maximum absolute atomic E-state index is 8.65. The van der Waals surface area contributed by atoms with E-state index in [1.165, 1.54) is 51.4 Å². The zero-order valence-corrected chi connectivity index (χ0v) is 10.8. The number of epoxide rings is 1. The van der Waals surface area contributed by atoms with Crippen LogP contribution < -0.4 is 0 Å². The molecule has 2 unspecified atom stereocenters. The lowest BCUT2D eigenvalue weighted by Crippen LogP contribution is -1.95. The van der Waals surface area contributed by atoms with E-state index in [2.05, 4.69) is 6.92 Å². The molecule has 1 fully saturated rings. The zero-order chi connectivity index (χ0) is 11.6. The Morgan fingerprint density at radius 2 is 1.38 bits per heavy atom. The molecule has 0 radical (unpaired) electrons. The molecule has 0 aliphatic carbocycles. The fourth-order valence-corrected chi connectivity index (χ4v) is 2.27. The summed E-state index contributed by atoms with van der Waals surface area (Å²) in [5.74, 6) is 0. The molecule has 1 saturated heterocycles. The highest BCUT2D eigenvalue weighted by Gasteiger charge is 2.36. The van der Waals surface area contributed by atoms with Gasteiger partial charge in [0.25, 0.3) is 0 Å². The SMILES string of the molecule is CCCCCCCC1OC1CCCCCO. The summed E-state index contributed by atoms with van der Waals surface area (Å²) >= 11 is 0. The summed E-state index contributed by atoms with van der Waals surface area (Å²) in [6.07, 6.45) is 13.8. The molecular formula is C14H28O2. The highest BCUT2D eigenvalue weighted by Crippen LogP contribution is 2.31. The lowest BCUT2D eigenvalue weighted by atomic mass is 10.1. The van der Waals surface area contributed by atoms with E-state index < -0.39 is 0 Å². The summed E-state index contributed by atoms with van der Waals surface area (Å²) in [5.41, 5.74) is 0. The lowest BCUT2D eigenvalue weighted by molar-refractivity contribution is 0.280. The monoisotopic (exact) mass is 228 g/mol. The van der Waals surface area contributed by atoms with Crippen LogP contribution in [-0.2, 0) is 4.74 Å². The van der Waals surface area contributed by atoms with E-state index in [4.69, 9.17) is 9.84 Å². The largest absolute Gasteiger partial charge is 0.396 e. The van der Waals surface area contributed by atoms with Crippen LogP contribution in [0.2, 0.25) is 0 Å². The van der Waals surface area contributed by atoms with Gasteiger partial charge in [-0.25, -0.2) is 0 Å². The van der Waals surface area contributed by atoms with Gasteiger partial charge in [-0.1, -0.05) is 51.9 Å². The van der Waals surface area contributed by atoms with E-state index in [0.29, 0.717) is 18.8 Å². The summed E-state index contributed by atoms with van der Waals surface area (Å²) in [6, 6.07) is 0. The minimum atomic E-state index is 0.340. The van der Waals surface area contributed by atoms with Crippen molar-refractivity contribution in [3.63, 3.8) is 0 Å². The molecule has 0 aromatic heterocycles. The number of hydrogen-bond donors (Lipinski definition) is 1. The third-order valence-electron chi connectivity index (χ3n) is 3.43. The molecule has 0 amide bonds. The van der Waals surface area contributed by atoms with Gasteiger partial charge < -0.3 is 9.84 Å². The lowest BCUT2D eigenvalue weighted by Gasteiger charge is -1.98. The Kier molecular flexibility index (Phi) is 7.87. The van der Waals surface area contributed by atoms with Crippen LogP contribution >= 0.6 is 0 Å². The second kappa shape index (κ2) is 9.00. The van der Waals surface area contributed by atoms with Gasteiger partial charge in [-0.2, -0.15) is 0 Å². The summed E-state index contributed by atoms with van der Waals surface area (Å²) in [7, 11) is 0. The quantitative estimate of drug-likeness (QED) is 0.432. The Hall–Kier alpha value is -0.0800. The first-order valence-corrected chi connectivity index (χ1v) is 7.14. The highest BCUT2D eigenvalue weighted by molar-refractivity contribution is 4.84. The van der Waals surface area contributed by atoms with Crippen molar-refractivity contribution in [2.24, 2.45) is 0 Å². The molecule has 0 aromatic rings. The predicted octanol–water partition coefficient (Wildman–Crippen LogP) is 3.67. The van der Waals surface area contributed by atoms with E-state index in [1.54, 1.807) is 0 Å². The number of hydrogen-bond acceptors (Lipinski definition) is 2. The van der Waals surface area contributed by atoms with Crippen LogP contribution in [0.15, 0.2) is 0 Å². The van der Waals surface area contributed by atoms with Crippen LogP contribution in [0, 0.1) is 0 Å². The highest BCUT2D eigenvalue weighted by atomic mass is 16.6. The van der Waals surface area contributed by atoms with E-state index in [-0.39, 0.29) is 0 Å². The van der Waals surface area contributed by atoms with Crippen molar-refractivity contribution in [3.05, 3.63) is 0 Å². The first kappa shape index (κ1) is 14.0. The Balaban J connectivity index is 1.79. The molecule has 2 atom stereocenters. The van der Waals surface area contributed by atoms with Crippen molar-refractivity contribution in [1.29, 1.82) is 0 Å². The molecule has 1 N–H and O–H groups in total.